The van der Waals surface area contributed by atoms with Gasteiger partial charge < -0.3 is 0 Å². The molecule has 0 spiro atoms. The Morgan fingerprint density at radius 2 is 1.56 bits per heavy atom. The van der Waals surface area contributed by atoms with Crippen LogP contribution in [0.1, 0.15) is 30.0 Å². The number of thioether (sulfide) groups is 1. The van der Waals surface area contributed by atoms with Gasteiger partial charge in [-0.05, 0) is 59.0 Å². The maximum Gasteiger partial charge on any atom is 0.188 e. The Hall–Kier alpha value is -3.98. The van der Waals surface area contributed by atoms with Gasteiger partial charge in [0.1, 0.15) is 5.82 Å². The molecule has 0 saturated carbocycles. The molecule has 1 aromatic heterocycles. The highest BCUT2D eigenvalue weighted by atomic mass is 35.5. The standard InChI is InChI=1S/C33H25ClFN3S/c1-2-4-22-7-16-29(31(35)18-22)25-8-10-27(11-9-25)32-30(26-12-14-28(34)15-13-26)20-37-33(38-32)39-21-24-6-3-5-23(17-24)19-36/h3,5-18,20H,2,4,21H2,1H3. The molecule has 4 aromatic carbocycles. The predicted octanol–water partition coefficient (Wildman–Crippen LogP) is 9.39. The van der Waals surface area contributed by atoms with Gasteiger partial charge in [-0.1, -0.05) is 97.4 Å². The van der Waals surface area contributed by atoms with Gasteiger partial charge in [0.25, 0.3) is 0 Å². The fourth-order valence-corrected chi connectivity index (χ4v) is 5.30. The van der Waals surface area contributed by atoms with Crippen LogP contribution in [0.3, 0.4) is 0 Å². The number of rotatable bonds is 8. The Labute approximate surface area is 237 Å². The van der Waals surface area contributed by atoms with Gasteiger partial charge in [0.05, 0.1) is 17.3 Å². The molecule has 1 heterocycles. The fraction of sp³-hybridized carbons (Fsp3) is 0.121. The van der Waals surface area contributed by atoms with E-state index in [0.29, 0.717) is 27.1 Å². The quantitative estimate of drug-likeness (QED) is 0.143. The van der Waals surface area contributed by atoms with Gasteiger partial charge in [0.2, 0.25) is 0 Å². The number of aromatic nitrogens is 2. The number of halogens is 2. The van der Waals surface area contributed by atoms with Gasteiger partial charge in [-0.25, -0.2) is 14.4 Å². The van der Waals surface area contributed by atoms with Gasteiger partial charge >= 0.3 is 0 Å². The zero-order valence-electron chi connectivity index (χ0n) is 21.4. The molecule has 39 heavy (non-hydrogen) atoms. The highest BCUT2D eigenvalue weighted by molar-refractivity contribution is 7.98. The maximum absolute atomic E-state index is 14.9. The Morgan fingerprint density at radius 3 is 2.28 bits per heavy atom. The predicted molar refractivity (Wildman–Crippen MR) is 158 cm³/mol. The molecule has 0 aliphatic rings. The van der Waals surface area contributed by atoms with E-state index in [1.165, 1.54) is 11.8 Å². The number of aryl methyl sites for hydroxylation is 1. The molecule has 3 nitrogen and oxygen atoms in total. The molecule has 0 radical (unpaired) electrons. The van der Waals surface area contributed by atoms with E-state index in [4.69, 9.17) is 16.6 Å². The second-order valence-electron chi connectivity index (χ2n) is 9.16. The normalized spacial score (nSPS) is 10.8. The topological polar surface area (TPSA) is 49.6 Å². The van der Waals surface area contributed by atoms with Crippen LogP contribution in [0.25, 0.3) is 33.5 Å². The molecule has 0 aliphatic carbocycles. The average molecular weight is 550 g/mol. The summed E-state index contributed by atoms with van der Waals surface area (Å²) in [5, 5.41) is 10.5. The van der Waals surface area contributed by atoms with Crippen molar-refractivity contribution in [1.82, 2.24) is 9.97 Å². The van der Waals surface area contributed by atoms with Crippen molar-refractivity contribution >= 4 is 23.4 Å². The summed E-state index contributed by atoms with van der Waals surface area (Å²) in [4.78, 5) is 9.56. The second-order valence-corrected chi connectivity index (χ2v) is 10.5. The van der Waals surface area contributed by atoms with Crippen molar-refractivity contribution in [3.05, 3.63) is 125 Å². The number of hydrogen-bond acceptors (Lipinski definition) is 4. The van der Waals surface area contributed by atoms with E-state index in [1.54, 1.807) is 12.1 Å². The van der Waals surface area contributed by atoms with Crippen LogP contribution in [-0.4, -0.2) is 9.97 Å². The molecule has 5 rings (SSSR count). The van der Waals surface area contributed by atoms with E-state index in [1.807, 2.05) is 85.1 Å². The van der Waals surface area contributed by atoms with Crippen LogP contribution in [-0.2, 0) is 12.2 Å². The molecule has 6 heteroatoms. The average Bonchev–Trinajstić information content (AvgIpc) is 2.97. The second kappa shape index (κ2) is 12.3. The van der Waals surface area contributed by atoms with Gasteiger partial charge in [-0.3, -0.25) is 0 Å². The number of nitrogens with zero attached hydrogens (tertiary/aromatic N) is 3. The van der Waals surface area contributed by atoms with E-state index < -0.39 is 0 Å². The van der Waals surface area contributed by atoms with Crippen molar-refractivity contribution in [2.75, 3.05) is 0 Å². The first-order valence-electron chi connectivity index (χ1n) is 12.7. The lowest BCUT2D eigenvalue weighted by molar-refractivity contribution is 0.628. The summed E-state index contributed by atoms with van der Waals surface area (Å²) in [6.07, 6.45) is 3.68. The Kier molecular flexibility index (Phi) is 8.36. The van der Waals surface area contributed by atoms with E-state index in [9.17, 15) is 9.65 Å². The number of benzene rings is 4. The summed E-state index contributed by atoms with van der Waals surface area (Å²) in [7, 11) is 0. The monoisotopic (exact) mass is 549 g/mol. The van der Waals surface area contributed by atoms with Crippen LogP contribution < -0.4 is 0 Å². The van der Waals surface area contributed by atoms with E-state index >= 15 is 0 Å². The van der Waals surface area contributed by atoms with Crippen LogP contribution in [0.2, 0.25) is 5.02 Å². The lowest BCUT2D eigenvalue weighted by Gasteiger charge is -2.12. The molecule has 192 valence electrons. The third-order valence-electron chi connectivity index (χ3n) is 6.39. The van der Waals surface area contributed by atoms with Crippen molar-refractivity contribution in [2.24, 2.45) is 0 Å². The van der Waals surface area contributed by atoms with Crippen molar-refractivity contribution in [2.45, 2.75) is 30.7 Å². The minimum Gasteiger partial charge on any atom is -0.230 e. The minimum absolute atomic E-state index is 0.211. The van der Waals surface area contributed by atoms with Crippen LogP contribution in [0.4, 0.5) is 4.39 Å². The molecule has 0 saturated heterocycles. The summed E-state index contributed by atoms with van der Waals surface area (Å²) in [5.74, 6) is 0.429. The first kappa shape index (κ1) is 26.6. The molecule has 0 aliphatic heterocycles. The van der Waals surface area contributed by atoms with Crippen LogP contribution in [0, 0.1) is 17.1 Å². The van der Waals surface area contributed by atoms with Gasteiger partial charge in [-0.2, -0.15) is 5.26 Å². The highest BCUT2D eigenvalue weighted by Gasteiger charge is 2.14. The molecule has 0 N–H and O–H groups in total. The Morgan fingerprint density at radius 1 is 0.846 bits per heavy atom. The fourth-order valence-electron chi connectivity index (χ4n) is 4.42. The van der Waals surface area contributed by atoms with Crippen LogP contribution in [0.5, 0.6) is 0 Å². The lowest BCUT2D eigenvalue weighted by atomic mass is 9.97. The third kappa shape index (κ3) is 6.37. The first-order chi connectivity index (χ1) is 19.0. The zero-order valence-corrected chi connectivity index (χ0v) is 22.9. The molecule has 0 fully saturated rings. The summed E-state index contributed by atoms with van der Waals surface area (Å²) < 4.78 is 14.9. The van der Waals surface area contributed by atoms with E-state index in [0.717, 1.165) is 51.9 Å². The van der Waals surface area contributed by atoms with Crippen molar-refractivity contribution in [1.29, 1.82) is 5.26 Å². The van der Waals surface area contributed by atoms with E-state index in [2.05, 4.69) is 18.0 Å². The molecular formula is C33H25ClFN3S. The molecule has 0 unspecified atom stereocenters. The van der Waals surface area contributed by atoms with Gasteiger partial charge in [0, 0.05) is 33.7 Å². The minimum atomic E-state index is -0.211. The SMILES string of the molecule is CCCc1ccc(-c2ccc(-c3nc(SCc4cccc(C#N)c4)ncc3-c3ccc(Cl)cc3)cc2)c(F)c1. The Bertz CT molecular complexity index is 1640. The Balaban J connectivity index is 1.48. The molecule has 0 bridgehead atoms. The summed E-state index contributed by atoms with van der Waals surface area (Å²) in [6, 6.07) is 30.6. The largest absolute Gasteiger partial charge is 0.230 e. The summed E-state index contributed by atoms with van der Waals surface area (Å²) in [6.45, 7) is 2.09. The third-order valence-corrected chi connectivity index (χ3v) is 7.57. The van der Waals surface area contributed by atoms with Gasteiger partial charge in [-0.15, -0.1) is 0 Å². The van der Waals surface area contributed by atoms with Crippen LogP contribution in [0.15, 0.2) is 102 Å². The molecule has 5 aromatic rings. The molecular weight excluding hydrogens is 525 g/mol. The maximum atomic E-state index is 14.9. The van der Waals surface area contributed by atoms with Crippen LogP contribution >= 0.6 is 23.4 Å². The van der Waals surface area contributed by atoms with Crippen molar-refractivity contribution in [3.63, 3.8) is 0 Å². The van der Waals surface area contributed by atoms with Crippen molar-refractivity contribution in [3.8, 4) is 39.6 Å². The highest BCUT2D eigenvalue weighted by Crippen LogP contribution is 2.34. The number of hydrogen-bond donors (Lipinski definition) is 0. The first-order valence-corrected chi connectivity index (χ1v) is 14.0. The smallest absolute Gasteiger partial charge is 0.188 e. The van der Waals surface area contributed by atoms with Crippen molar-refractivity contribution < 1.29 is 4.39 Å². The zero-order chi connectivity index (χ0) is 27.2. The summed E-state index contributed by atoms with van der Waals surface area (Å²) in [5.41, 5.74) is 7.58. The van der Waals surface area contributed by atoms with Gasteiger partial charge in [0.15, 0.2) is 5.16 Å². The molecule has 0 atom stereocenters. The lowest BCUT2D eigenvalue weighted by Crippen LogP contribution is -1.96. The molecule has 0 amide bonds. The van der Waals surface area contributed by atoms with E-state index in [-0.39, 0.29) is 5.82 Å². The summed E-state index contributed by atoms with van der Waals surface area (Å²) >= 11 is 7.65. The number of nitriles is 1.